The topological polar surface area (TPSA) is 34.2 Å². The van der Waals surface area contributed by atoms with Crippen molar-refractivity contribution >= 4 is 45.3 Å². The highest BCUT2D eigenvalue weighted by Crippen LogP contribution is 2.40. The molecule has 1 aliphatic heterocycles. The summed E-state index contributed by atoms with van der Waals surface area (Å²) >= 11 is 0. The molecule has 0 fully saturated rings. The monoisotopic (exact) mass is 659 g/mol. The Labute approximate surface area is 300 Å². The molecule has 0 unspecified atom stereocenters. The van der Waals surface area contributed by atoms with E-state index < -0.39 is 0 Å². The molecule has 0 atom stereocenters. The number of allylic oxidation sites excluding steroid dienone is 3. The summed E-state index contributed by atoms with van der Waals surface area (Å²) in [6.07, 6.45) is 11.8. The van der Waals surface area contributed by atoms with Gasteiger partial charge in [0.25, 0.3) is 0 Å². The number of nitrogens with two attached hydrogens (primary N) is 1. The fourth-order valence-electron chi connectivity index (χ4n) is 6.75. The predicted octanol–water partition coefficient (Wildman–Crippen LogP) is 12.2. The van der Waals surface area contributed by atoms with Gasteiger partial charge in [0, 0.05) is 40.1 Å². The zero-order valence-corrected chi connectivity index (χ0v) is 28.9. The molecule has 0 radical (unpaired) electrons. The number of hydrogen-bond acceptors (Lipinski definition) is 2. The minimum Gasteiger partial charge on any atom is -0.398 e. The Morgan fingerprint density at radius 1 is 0.627 bits per heavy atom. The fourth-order valence-corrected chi connectivity index (χ4v) is 6.75. The van der Waals surface area contributed by atoms with Crippen molar-refractivity contribution in [3.8, 4) is 16.8 Å². The van der Waals surface area contributed by atoms with Gasteiger partial charge in [0.1, 0.15) is 0 Å². The van der Waals surface area contributed by atoms with Crippen LogP contribution >= 0.6 is 0 Å². The van der Waals surface area contributed by atoms with E-state index in [1.807, 2.05) is 30.4 Å². The predicted molar refractivity (Wildman–Crippen MR) is 221 cm³/mol. The molecule has 0 aliphatic carbocycles. The van der Waals surface area contributed by atoms with Crippen LogP contribution in [0.4, 0.5) is 11.4 Å². The number of rotatable bonds is 7. The first-order chi connectivity index (χ1) is 25.1. The second-order valence-corrected chi connectivity index (χ2v) is 12.6. The molecule has 51 heavy (non-hydrogen) atoms. The highest BCUT2D eigenvalue weighted by molar-refractivity contribution is 6.10. The Morgan fingerprint density at radius 3 is 2.00 bits per heavy atom. The molecule has 1 aliphatic rings. The molecule has 3 heteroatoms. The van der Waals surface area contributed by atoms with E-state index in [1.54, 1.807) is 12.2 Å². The molecule has 3 nitrogen and oxygen atoms in total. The fraction of sp³-hybridized carbons (Fsp3) is 0.0417. The first-order valence-electron chi connectivity index (χ1n) is 17.3. The van der Waals surface area contributed by atoms with Crippen molar-refractivity contribution in [2.45, 2.75) is 6.92 Å². The lowest BCUT2D eigenvalue weighted by Gasteiger charge is -2.26. The number of anilines is 2. The summed E-state index contributed by atoms with van der Waals surface area (Å²) in [6.45, 7) is 10.4. The Morgan fingerprint density at radius 2 is 1.25 bits per heavy atom. The minimum atomic E-state index is 0.615. The van der Waals surface area contributed by atoms with Crippen LogP contribution in [0.25, 0.3) is 50.8 Å². The molecule has 2 N–H and O–H groups in total. The maximum atomic E-state index is 6.46. The number of fused-ring (bicyclic) bond motifs is 5. The summed E-state index contributed by atoms with van der Waals surface area (Å²) in [6, 6.07) is 51.5. The average Bonchev–Trinajstić information content (AvgIpc) is 3.42. The van der Waals surface area contributed by atoms with Gasteiger partial charge in [-0.05, 0) is 89.4 Å². The van der Waals surface area contributed by atoms with Crippen molar-refractivity contribution in [2.75, 3.05) is 11.4 Å². The smallest absolute Gasteiger partial charge is 0.0541 e. The van der Waals surface area contributed by atoms with Crippen LogP contribution in [0.15, 0.2) is 194 Å². The summed E-state index contributed by atoms with van der Waals surface area (Å²) in [5.74, 6) is 0. The zero-order valence-electron chi connectivity index (χ0n) is 28.9. The summed E-state index contributed by atoms with van der Waals surface area (Å²) in [4.78, 5) is 2.33. The molecule has 1 aromatic heterocycles. The number of hydrogen-bond donors (Lipinski definition) is 1. The number of benzene rings is 6. The highest BCUT2D eigenvalue weighted by Gasteiger charge is 2.19. The van der Waals surface area contributed by atoms with Gasteiger partial charge in [0.15, 0.2) is 0 Å². The van der Waals surface area contributed by atoms with Gasteiger partial charge in [-0.2, -0.15) is 0 Å². The van der Waals surface area contributed by atoms with Crippen LogP contribution in [-0.2, 0) is 0 Å². The number of para-hydroxylation sites is 3. The molecule has 0 saturated heterocycles. The Hall–Kier alpha value is -6.58. The highest BCUT2D eigenvalue weighted by atomic mass is 15.1. The van der Waals surface area contributed by atoms with Gasteiger partial charge in [0.2, 0.25) is 0 Å². The first-order valence-corrected chi connectivity index (χ1v) is 17.3. The molecule has 0 bridgehead atoms. The number of nitrogens with zero attached hydrogens (tertiary/aromatic N) is 2. The van der Waals surface area contributed by atoms with Crippen molar-refractivity contribution in [1.29, 1.82) is 0 Å². The Kier molecular flexibility index (Phi) is 9.62. The Balaban J connectivity index is 0.000000520. The zero-order chi connectivity index (χ0) is 35.2. The van der Waals surface area contributed by atoms with E-state index in [9.17, 15) is 0 Å². The van der Waals surface area contributed by atoms with E-state index >= 15 is 0 Å². The van der Waals surface area contributed by atoms with Crippen LogP contribution in [0.3, 0.4) is 0 Å². The van der Waals surface area contributed by atoms with E-state index in [2.05, 4.69) is 169 Å². The summed E-state index contributed by atoms with van der Waals surface area (Å²) < 4.78 is 2.35. The van der Waals surface area contributed by atoms with Crippen LogP contribution in [0.2, 0.25) is 0 Å². The Bertz CT molecular complexity index is 2440. The SMILES string of the molecule is C=C/C=C(C=C)/C(N)=C/CN1c2ccccc2C=Cc2cc(-c3ccc4c(c3)c3ccccc3n4-c3ccccc3)ccc21.Cc1ccccc1. The third kappa shape index (κ3) is 6.83. The summed E-state index contributed by atoms with van der Waals surface area (Å²) in [7, 11) is 0. The molecule has 7 aromatic rings. The van der Waals surface area contributed by atoms with E-state index in [0.717, 1.165) is 33.8 Å². The molecular formula is C48H41N3. The number of aryl methyl sites for hydroxylation is 1. The summed E-state index contributed by atoms with van der Waals surface area (Å²) in [5.41, 5.74) is 19.9. The van der Waals surface area contributed by atoms with E-state index in [4.69, 9.17) is 5.73 Å². The second-order valence-electron chi connectivity index (χ2n) is 12.6. The maximum Gasteiger partial charge on any atom is 0.0541 e. The average molecular weight is 660 g/mol. The van der Waals surface area contributed by atoms with Crippen LogP contribution in [0, 0.1) is 6.92 Å². The van der Waals surface area contributed by atoms with Crippen molar-refractivity contribution in [1.82, 2.24) is 4.57 Å². The van der Waals surface area contributed by atoms with Crippen LogP contribution in [0.5, 0.6) is 0 Å². The van der Waals surface area contributed by atoms with Crippen molar-refractivity contribution in [3.05, 3.63) is 211 Å². The number of aromatic nitrogens is 1. The van der Waals surface area contributed by atoms with Crippen LogP contribution in [0.1, 0.15) is 16.7 Å². The van der Waals surface area contributed by atoms with Crippen LogP contribution < -0.4 is 10.6 Å². The molecule has 2 heterocycles. The van der Waals surface area contributed by atoms with Gasteiger partial charge < -0.3 is 15.2 Å². The van der Waals surface area contributed by atoms with Gasteiger partial charge >= 0.3 is 0 Å². The van der Waals surface area contributed by atoms with Crippen molar-refractivity contribution in [2.24, 2.45) is 5.73 Å². The van der Waals surface area contributed by atoms with Crippen LogP contribution in [-0.4, -0.2) is 11.1 Å². The lowest BCUT2D eigenvalue weighted by Crippen LogP contribution is -2.19. The first kappa shape index (κ1) is 32.9. The van der Waals surface area contributed by atoms with Crippen molar-refractivity contribution < 1.29 is 0 Å². The van der Waals surface area contributed by atoms with E-state index in [1.165, 1.54) is 38.5 Å². The van der Waals surface area contributed by atoms with Gasteiger partial charge in [0.05, 0.1) is 11.0 Å². The second kappa shape index (κ2) is 14.9. The van der Waals surface area contributed by atoms with E-state index in [-0.39, 0.29) is 0 Å². The third-order valence-electron chi connectivity index (χ3n) is 9.29. The molecule has 248 valence electrons. The standard InChI is InChI=1S/C41H33N3.C7H8/c1-3-12-29(4-2)37(42)25-26-43-38-17-10-8-13-30(38)19-20-33-27-31(21-23-39(33)43)32-22-24-41-36(28-32)35-16-9-11-18-40(35)44(41)34-14-6-5-7-15-34;1-7-5-3-2-4-6-7/h3-25,27-28H,1-2,26,42H2;2-6H,1H3/b29-12+,37-25-;. The van der Waals surface area contributed by atoms with Gasteiger partial charge in [-0.15, -0.1) is 0 Å². The van der Waals surface area contributed by atoms with Gasteiger partial charge in [-0.3, -0.25) is 0 Å². The lowest BCUT2D eigenvalue weighted by molar-refractivity contribution is 1.08. The van der Waals surface area contributed by atoms with Gasteiger partial charge in [-0.1, -0.05) is 146 Å². The quantitative estimate of drug-likeness (QED) is 0.173. The molecule has 8 rings (SSSR count). The summed E-state index contributed by atoms with van der Waals surface area (Å²) in [5, 5.41) is 2.49. The van der Waals surface area contributed by atoms with Crippen molar-refractivity contribution in [3.63, 3.8) is 0 Å². The molecule has 0 spiro atoms. The third-order valence-corrected chi connectivity index (χ3v) is 9.29. The van der Waals surface area contributed by atoms with E-state index in [0.29, 0.717) is 12.2 Å². The molecule has 0 amide bonds. The molecule has 6 aromatic carbocycles. The normalized spacial score (nSPS) is 12.5. The minimum absolute atomic E-state index is 0.615. The lowest BCUT2D eigenvalue weighted by atomic mass is 9.99. The maximum absolute atomic E-state index is 6.46. The molecular weight excluding hydrogens is 619 g/mol. The molecule has 0 saturated carbocycles. The largest absolute Gasteiger partial charge is 0.398 e. The van der Waals surface area contributed by atoms with Gasteiger partial charge in [-0.25, -0.2) is 0 Å².